The highest BCUT2D eigenvalue weighted by atomic mass is 32.1. The predicted molar refractivity (Wildman–Crippen MR) is 73.2 cm³/mol. The molecule has 0 radical (unpaired) electrons. The first-order valence-corrected chi connectivity index (χ1v) is 7.47. The summed E-state index contributed by atoms with van der Waals surface area (Å²) < 4.78 is 5.25. The van der Waals surface area contributed by atoms with Crippen molar-refractivity contribution in [1.29, 1.82) is 0 Å². The van der Waals surface area contributed by atoms with Gasteiger partial charge in [0.05, 0.1) is 12.5 Å². The average molecular weight is 293 g/mol. The van der Waals surface area contributed by atoms with Gasteiger partial charge in [-0.25, -0.2) is 0 Å². The summed E-state index contributed by atoms with van der Waals surface area (Å²) in [7, 11) is 0. The predicted octanol–water partition coefficient (Wildman–Crippen LogP) is 2.09. The minimum absolute atomic E-state index is 0.213. The van der Waals surface area contributed by atoms with Crippen LogP contribution in [0.2, 0.25) is 0 Å². The van der Waals surface area contributed by atoms with Crippen molar-refractivity contribution in [1.82, 2.24) is 15.0 Å². The minimum atomic E-state index is -0.692. The number of hydrogen-bond donors (Lipinski definition) is 1. The Kier molecular flexibility index (Phi) is 3.79. The van der Waals surface area contributed by atoms with Gasteiger partial charge in [-0.15, -0.1) is 0 Å². The second kappa shape index (κ2) is 5.72. The molecule has 0 atom stereocenters. The molecule has 1 aliphatic rings. The van der Waals surface area contributed by atoms with E-state index in [1.165, 1.54) is 0 Å². The third-order valence-electron chi connectivity index (χ3n) is 3.54. The Balaban J connectivity index is 1.58. The Hall–Kier alpha value is -1.73. The highest BCUT2D eigenvalue weighted by molar-refractivity contribution is 7.08. The summed E-state index contributed by atoms with van der Waals surface area (Å²) in [5.74, 6) is 0.291. The van der Waals surface area contributed by atoms with Crippen LogP contribution in [0.3, 0.4) is 0 Å². The Labute approximate surface area is 120 Å². The van der Waals surface area contributed by atoms with Gasteiger partial charge in [0.15, 0.2) is 0 Å². The monoisotopic (exact) mass is 293 g/mol. The molecule has 106 valence electrons. The highest BCUT2D eigenvalue weighted by Gasteiger charge is 2.25. The van der Waals surface area contributed by atoms with Crippen molar-refractivity contribution >= 4 is 17.3 Å². The maximum absolute atomic E-state index is 10.9. The molecule has 2 aromatic rings. The van der Waals surface area contributed by atoms with Crippen LogP contribution in [0.1, 0.15) is 18.7 Å². The topological polar surface area (TPSA) is 79.5 Å². The molecule has 1 N–H and O–H groups in total. The van der Waals surface area contributed by atoms with Gasteiger partial charge < -0.3 is 9.63 Å². The molecule has 0 unspecified atom stereocenters. The van der Waals surface area contributed by atoms with Gasteiger partial charge in [-0.05, 0) is 37.4 Å². The molecule has 0 saturated carbocycles. The Morgan fingerprint density at radius 1 is 1.50 bits per heavy atom. The van der Waals surface area contributed by atoms with Crippen LogP contribution in [0, 0.1) is 5.92 Å². The number of aromatic nitrogens is 2. The Bertz CT molecular complexity index is 573. The van der Waals surface area contributed by atoms with Crippen molar-refractivity contribution in [2.75, 3.05) is 13.1 Å². The molecule has 3 rings (SSSR count). The van der Waals surface area contributed by atoms with E-state index in [1.54, 1.807) is 11.3 Å². The second-order valence-electron chi connectivity index (χ2n) is 4.91. The summed E-state index contributed by atoms with van der Waals surface area (Å²) in [5.41, 5.74) is 0.967. The number of carboxylic acids is 1. The molecule has 2 aromatic heterocycles. The number of nitrogens with zero attached hydrogens (tertiary/aromatic N) is 3. The van der Waals surface area contributed by atoms with E-state index < -0.39 is 5.97 Å². The molecule has 1 aliphatic heterocycles. The van der Waals surface area contributed by atoms with Crippen molar-refractivity contribution in [3.63, 3.8) is 0 Å². The van der Waals surface area contributed by atoms with Gasteiger partial charge in [-0.2, -0.15) is 16.3 Å². The molecule has 0 spiro atoms. The molecule has 6 nitrogen and oxygen atoms in total. The number of piperidine rings is 1. The number of thiophene rings is 1. The van der Waals surface area contributed by atoms with Crippen LogP contribution >= 0.6 is 11.3 Å². The molecule has 1 fully saturated rings. The first-order valence-electron chi connectivity index (χ1n) is 6.52. The van der Waals surface area contributed by atoms with Gasteiger partial charge in [0.1, 0.15) is 0 Å². The van der Waals surface area contributed by atoms with Crippen LogP contribution in [0.4, 0.5) is 0 Å². The van der Waals surface area contributed by atoms with E-state index in [2.05, 4.69) is 15.0 Å². The van der Waals surface area contributed by atoms with E-state index in [1.807, 2.05) is 16.8 Å². The lowest BCUT2D eigenvalue weighted by Gasteiger charge is -2.28. The lowest BCUT2D eigenvalue weighted by molar-refractivity contribution is -0.143. The zero-order valence-corrected chi connectivity index (χ0v) is 11.7. The molecule has 0 aliphatic carbocycles. The van der Waals surface area contributed by atoms with Gasteiger partial charge in [0.2, 0.25) is 11.7 Å². The molecule has 20 heavy (non-hydrogen) atoms. The van der Waals surface area contributed by atoms with E-state index >= 15 is 0 Å². The largest absolute Gasteiger partial charge is 0.481 e. The van der Waals surface area contributed by atoms with E-state index in [-0.39, 0.29) is 5.92 Å². The summed E-state index contributed by atoms with van der Waals surface area (Å²) in [5, 5.41) is 16.9. The van der Waals surface area contributed by atoms with E-state index in [4.69, 9.17) is 9.63 Å². The first-order chi connectivity index (χ1) is 9.72. The Morgan fingerprint density at radius 2 is 2.30 bits per heavy atom. The van der Waals surface area contributed by atoms with Crippen molar-refractivity contribution in [3.8, 4) is 11.4 Å². The van der Waals surface area contributed by atoms with Crippen LogP contribution in [0.25, 0.3) is 11.4 Å². The fraction of sp³-hybridized carbons (Fsp3) is 0.462. The van der Waals surface area contributed by atoms with Gasteiger partial charge in [-0.3, -0.25) is 9.69 Å². The van der Waals surface area contributed by atoms with Crippen LogP contribution in [0.5, 0.6) is 0 Å². The van der Waals surface area contributed by atoms with Gasteiger partial charge in [-0.1, -0.05) is 5.16 Å². The number of carbonyl (C=O) groups is 1. The molecule has 3 heterocycles. The van der Waals surface area contributed by atoms with Crippen LogP contribution < -0.4 is 0 Å². The van der Waals surface area contributed by atoms with Crippen molar-refractivity contribution in [3.05, 3.63) is 22.7 Å². The summed E-state index contributed by atoms with van der Waals surface area (Å²) in [4.78, 5) is 17.4. The molecule has 0 bridgehead atoms. The third kappa shape index (κ3) is 2.88. The number of rotatable bonds is 4. The average Bonchev–Trinajstić information content (AvgIpc) is 3.09. The standard InChI is InChI=1S/C13H15N3O3S/c17-13(18)9-1-4-16(5-2-9)7-11-14-12(15-19-11)10-3-6-20-8-10/h3,6,8-9H,1-2,4-5,7H2,(H,17,18). The second-order valence-corrected chi connectivity index (χ2v) is 5.69. The SMILES string of the molecule is O=C(O)C1CCN(Cc2nc(-c3ccsc3)no2)CC1. The van der Waals surface area contributed by atoms with Crippen LogP contribution in [0.15, 0.2) is 21.3 Å². The zero-order valence-electron chi connectivity index (χ0n) is 10.9. The van der Waals surface area contributed by atoms with Crippen molar-refractivity contribution in [2.45, 2.75) is 19.4 Å². The van der Waals surface area contributed by atoms with Gasteiger partial charge >= 0.3 is 5.97 Å². The highest BCUT2D eigenvalue weighted by Crippen LogP contribution is 2.21. The first kappa shape index (κ1) is 13.3. The molecular weight excluding hydrogens is 278 g/mol. The maximum Gasteiger partial charge on any atom is 0.306 e. The maximum atomic E-state index is 10.9. The smallest absolute Gasteiger partial charge is 0.306 e. The number of hydrogen-bond acceptors (Lipinski definition) is 6. The zero-order chi connectivity index (χ0) is 13.9. The number of aliphatic carboxylic acids is 1. The lowest BCUT2D eigenvalue weighted by atomic mass is 9.97. The fourth-order valence-electron chi connectivity index (χ4n) is 2.36. The normalized spacial score (nSPS) is 17.4. The lowest BCUT2D eigenvalue weighted by Crippen LogP contribution is -2.35. The van der Waals surface area contributed by atoms with Gasteiger partial charge in [0, 0.05) is 10.9 Å². The number of carboxylic acid groups (broad SMARTS) is 1. The van der Waals surface area contributed by atoms with Crippen molar-refractivity contribution in [2.24, 2.45) is 5.92 Å². The molecule has 7 heteroatoms. The quantitative estimate of drug-likeness (QED) is 0.930. The summed E-state index contributed by atoms with van der Waals surface area (Å²) >= 11 is 1.59. The molecular formula is C13H15N3O3S. The summed E-state index contributed by atoms with van der Waals surface area (Å²) in [6, 6.07) is 1.96. The number of likely N-dealkylation sites (tertiary alicyclic amines) is 1. The van der Waals surface area contributed by atoms with E-state index in [9.17, 15) is 4.79 Å². The van der Waals surface area contributed by atoms with E-state index in [0.29, 0.717) is 31.1 Å². The van der Waals surface area contributed by atoms with Crippen LogP contribution in [-0.2, 0) is 11.3 Å². The van der Waals surface area contributed by atoms with E-state index in [0.717, 1.165) is 18.7 Å². The minimum Gasteiger partial charge on any atom is -0.481 e. The molecule has 0 amide bonds. The third-order valence-corrected chi connectivity index (χ3v) is 4.23. The summed E-state index contributed by atoms with van der Waals surface area (Å²) in [6.07, 6.45) is 1.36. The van der Waals surface area contributed by atoms with Crippen molar-refractivity contribution < 1.29 is 14.4 Å². The summed E-state index contributed by atoms with van der Waals surface area (Å²) in [6.45, 7) is 2.10. The fourth-order valence-corrected chi connectivity index (χ4v) is 2.99. The Morgan fingerprint density at radius 3 is 2.95 bits per heavy atom. The molecule has 1 saturated heterocycles. The van der Waals surface area contributed by atoms with Gasteiger partial charge in [0.25, 0.3) is 0 Å². The van der Waals surface area contributed by atoms with Crippen LogP contribution in [-0.4, -0.2) is 39.2 Å². The molecule has 0 aromatic carbocycles.